The highest BCUT2D eigenvalue weighted by molar-refractivity contribution is 5.85. The molecule has 3 atom stereocenters. The van der Waals surface area contributed by atoms with Gasteiger partial charge in [-0.2, -0.15) is 0 Å². The first-order valence-electron chi connectivity index (χ1n) is 8.51. The van der Waals surface area contributed by atoms with Crippen molar-refractivity contribution in [1.29, 1.82) is 0 Å². The van der Waals surface area contributed by atoms with E-state index in [1.54, 1.807) is 0 Å². The van der Waals surface area contributed by atoms with E-state index in [1.165, 1.54) is 5.56 Å². The molecule has 0 bridgehead atoms. The van der Waals surface area contributed by atoms with Crippen LogP contribution in [0, 0.1) is 0 Å². The van der Waals surface area contributed by atoms with Crippen molar-refractivity contribution in [3.8, 4) is 0 Å². The van der Waals surface area contributed by atoms with Gasteiger partial charge in [0.15, 0.2) is 0 Å². The lowest BCUT2D eigenvalue weighted by atomic mass is 10.1. The minimum Gasteiger partial charge on any atom is -0.373 e. The number of halogens is 2. The van der Waals surface area contributed by atoms with Crippen LogP contribution >= 0.6 is 24.8 Å². The van der Waals surface area contributed by atoms with Crippen LogP contribution in [0.2, 0.25) is 0 Å². The Hall–Kier alpha value is -0.850. The predicted molar refractivity (Wildman–Crippen MR) is 106 cm³/mol. The number of carbonyl (C=O) groups excluding carboxylic acids is 1. The zero-order valence-electron chi connectivity index (χ0n) is 15.0. The average molecular weight is 392 g/mol. The summed E-state index contributed by atoms with van der Waals surface area (Å²) in [6.07, 6.45) is 1.25. The number of nitrogens with two attached hydrogens (primary N) is 1. The van der Waals surface area contributed by atoms with Crippen molar-refractivity contribution in [3.05, 3.63) is 35.9 Å². The van der Waals surface area contributed by atoms with Crippen LogP contribution < -0.4 is 11.1 Å². The van der Waals surface area contributed by atoms with Gasteiger partial charge in [-0.05, 0) is 18.9 Å². The molecule has 0 spiro atoms. The van der Waals surface area contributed by atoms with E-state index in [2.05, 4.69) is 41.4 Å². The molecule has 5 nitrogen and oxygen atoms in total. The Morgan fingerprint density at radius 3 is 2.64 bits per heavy atom. The third kappa shape index (κ3) is 8.38. The van der Waals surface area contributed by atoms with Gasteiger partial charge in [-0.25, -0.2) is 0 Å². The highest BCUT2D eigenvalue weighted by Gasteiger charge is 2.28. The van der Waals surface area contributed by atoms with Crippen molar-refractivity contribution in [1.82, 2.24) is 10.2 Å². The summed E-state index contributed by atoms with van der Waals surface area (Å²) in [6.45, 7) is 7.32. The molecule has 1 aromatic carbocycles. The van der Waals surface area contributed by atoms with Crippen molar-refractivity contribution < 1.29 is 9.53 Å². The lowest BCUT2D eigenvalue weighted by Crippen LogP contribution is -2.53. The van der Waals surface area contributed by atoms with E-state index in [4.69, 9.17) is 10.5 Å². The van der Waals surface area contributed by atoms with Gasteiger partial charge in [0, 0.05) is 32.1 Å². The molecule has 25 heavy (non-hydrogen) atoms. The number of amides is 1. The molecule has 7 heteroatoms. The molecule has 1 saturated heterocycles. The Bertz CT molecular complexity index is 488. The van der Waals surface area contributed by atoms with Crippen LogP contribution in [0.1, 0.15) is 32.3 Å². The molecule has 0 aliphatic carbocycles. The topological polar surface area (TPSA) is 67.6 Å². The maximum atomic E-state index is 12.0. The van der Waals surface area contributed by atoms with Gasteiger partial charge in [-0.15, -0.1) is 24.8 Å². The number of carbonyl (C=O) groups is 1. The third-order valence-electron chi connectivity index (χ3n) is 4.17. The van der Waals surface area contributed by atoms with E-state index in [0.29, 0.717) is 13.0 Å². The van der Waals surface area contributed by atoms with Gasteiger partial charge in [0.1, 0.15) is 0 Å². The molecule has 2 rings (SSSR count). The molecular weight excluding hydrogens is 361 g/mol. The second kappa shape index (κ2) is 12.5. The predicted octanol–water partition coefficient (Wildman–Crippen LogP) is 2.36. The molecule has 0 aromatic heterocycles. The molecule has 1 fully saturated rings. The van der Waals surface area contributed by atoms with E-state index in [0.717, 1.165) is 26.1 Å². The molecule has 3 unspecified atom stereocenters. The van der Waals surface area contributed by atoms with Crippen molar-refractivity contribution in [2.24, 2.45) is 5.73 Å². The first-order valence-corrected chi connectivity index (χ1v) is 8.51. The summed E-state index contributed by atoms with van der Waals surface area (Å²) < 4.78 is 5.92. The molecule has 1 aromatic rings. The Morgan fingerprint density at radius 2 is 2.04 bits per heavy atom. The summed E-state index contributed by atoms with van der Waals surface area (Å²) in [6, 6.07) is 10.4. The Labute approximate surface area is 163 Å². The molecule has 1 aliphatic heterocycles. The van der Waals surface area contributed by atoms with Crippen LogP contribution in [0.25, 0.3) is 0 Å². The van der Waals surface area contributed by atoms with Gasteiger partial charge in [0.05, 0.1) is 18.8 Å². The minimum atomic E-state index is -0.116. The smallest absolute Gasteiger partial charge is 0.221 e. The summed E-state index contributed by atoms with van der Waals surface area (Å²) in [5, 5.41) is 3.08. The second-order valence-electron chi connectivity index (χ2n) is 6.39. The normalized spacial score (nSPS) is 19.9. The van der Waals surface area contributed by atoms with Gasteiger partial charge in [-0.1, -0.05) is 37.3 Å². The molecule has 1 aliphatic rings. The molecule has 0 radical (unpaired) electrons. The SMILES string of the molecule is CCC(NC(=O)CC(C)N)C1CN(Cc2ccccc2)CCO1.Cl.Cl. The van der Waals surface area contributed by atoms with Crippen LogP contribution in [0.3, 0.4) is 0 Å². The van der Waals surface area contributed by atoms with E-state index < -0.39 is 0 Å². The van der Waals surface area contributed by atoms with Crippen molar-refractivity contribution in [2.75, 3.05) is 19.7 Å². The number of nitrogens with one attached hydrogen (secondary N) is 1. The van der Waals surface area contributed by atoms with Crippen LogP contribution in [-0.4, -0.2) is 48.7 Å². The lowest BCUT2D eigenvalue weighted by molar-refractivity contribution is -0.124. The standard InChI is InChI=1S/C18H29N3O2.2ClH/c1-3-16(20-18(22)11-14(2)19)17-13-21(9-10-23-17)12-15-7-5-4-6-8-15;;/h4-8,14,16-17H,3,9-13,19H2,1-2H3,(H,20,22);2*1H. The molecule has 1 heterocycles. The lowest BCUT2D eigenvalue weighted by Gasteiger charge is -2.37. The number of ether oxygens (including phenoxy) is 1. The van der Waals surface area contributed by atoms with Crippen LogP contribution in [0.5, 0.6) is 0 Å². The fourth-order valence-corrected chi connectivity index (χ4v) is 2.98. The van der Waals surface area contributed by atoms with Gasteiger partial charge in [0.25, 0.3) is 0 Å². The molecular formula is C18H31Cl2N3O2. The van der Waals surface area contributed by atoms with Crippen molar-refractivity contribution >= 4 is 30.7 Å². The quantitative estimate of drug-likeness (QED) is 0.748. The largest absolute Gasteiger partial charge is 0.373 e. The van der Waals surface area contributed by atoms with Gasteiger partial charge < -0.3 is 15.8 Å². The Kier molecular flexibility index (Phi) is 12.1. The van der Waals surface area contributed by atoms with E-state index in [9.17, 15) is 4.79 Å². The fraction of sp³-hybridized carbons (Fsp3) is 0.611. The van der Waals surface area contributed by atoms with Crippen molar-refractivity contribution in [2.45, 2.75) is 51.4 Å². The second-order valence-corrected chi connectivity index (χ2v) is 6.39. The monoisotopic (exact) mass is 391 g/mol. The van der Waals surface area contributed by atoms with Crippen LogP contribution in [-0.2, 0) is 16.1 Å². The van der Waals surface area contributed by atoms with E-state index >= 15 is 0 Å². The zero-order chi connectivity index (χ0) is 16.7. The van der Waals surface area contributed by atoms with E-state index in [1.807, 2.05) is 13.0 Å². The molecule has 144 valence electrons. The van der Waals surface area contributed by atoms with Crippen LogP contribution in [0.4, 0.5) is 0 Å². The molecule has 1 amide bonds. The third-order valence-corrected chi connectivity index (χ3v) is 4.17. The summed E-state index contributed by atoms with van der Waals surface area (Å²) in [7, 11) is 0. The summed E-state index contributed by atoms with van der Waals surface area (Å²) in [4.78, 5) is 14.4. The molecule has 0 saturated carbocycles. The van der Waals surface area contributed by atoms with Gasteiger partial charge >= 0.3 is 0 Å². The first kappa shape index (κ1) is 24.1. The Balaban J connectivity index is 0.00000288. The first-order chi connectivity index (χ1) is 11.1. The van der Waals surface area contributed by atoms with Gasteiger partial charge in [-0.3, -0.25) is 9.69 Å². The van der Waals surface area contributed by atoms with Crippen molar-refractivity contribution in [3.63, 3.8) is 0 Å². The summed E-state index contributed by atoms with van der Waals surface area (Å²) in [5.74, 6) is 0.00985. The van der Waals surface area contributed by atoms with Gasteiger partial charge in [0.2, 0.25) is 5.91 Å². The highest BCUT2D eigenvalue weighted by Crippen LogP contribution is 2.14. The minimum absolute atomic E-state index is 0. The number of morpholine rings is 1. The van der Waals surface area contributed by atoms with E-state index in [-0.39, 0.29) is 48.9 Å². The maximum absolute atomic E-state index is 12.0. The number of hydrogen-bond acceptors (Lipinski definition) is 4. The fourth-order valence-electron chi connectivity index (χ4n) is 2.98. The summed E-state index contributed by atoms with van der Waals surface area (Å²) in [5.41, 5.74) is 7.00. The summed E-state index contributed by atoms with van der Waals surface area (Å²) >= 11 is 0. The number of rotatable bonds is 7. The van der Waals surface area contributed by atoms with Crippen LogP contribution in [0.15, 0.2) is 30.3 Å². The Morgan fingerprint density at radius 1 is 1.36 bits per heavy atom. The number of nitrogens with zero attached hydrogens (tertiary/aromatic N) is 1. The average Bonchev–Trinajstić information content (AvgIpc) is 2.53. The maximum Gasteiger partial charge on any atom is 0.221 e. The number of benzene rings is 1. The molecule has 3 N–H and O–H groups in total. The number of hydrogen-bond donors (Lipinski definition) is 2. The highest BCUT2D eigenvalue weighted by atomic mass is 35.5. The zero-order valence-corrected chi connectivity index (χ0v) is 16.7.